The van der Waals surface area contributed by atoms with Crippen molar-refractivity contribution < 1.29 is 4.52 Å². The number of hydrogen-bond donors (Lipinski definition) is 1. The highest BCUT2D eigenvalue weighted by Gasteiger charge is 2.19. The molecule has 2 N–H and O–H groups in total. The molecule has 0 amide bonds. The Hall–Kier alpha value is -2.70. The predicted molar refractivity (Wildman–Crippen MR) is 78.0 cm³/mol. The molecule has 0 saturated carbocycles. The number of benzene rings is 1. The largest absolute Gasteiger partial charge is 0.382 e. The first-order valence-electron chi connectivity index (χ1n) is 6.73. The summed E-state index contributed by atoms with van der Waals surface area (Å²) in [5, 5.41) is 12.0. The molecular weight excluding hydrogens is 268 g/mol. The van der Waals surface area contributed by atoms with Gasteiger partial charge in [0.2, 0.25) is 5.82 Å². The number of nitrogens with zero attached hydrogens (tertiary/aromatic N) is 5. The van der Waals surface area contributed by atoms with Gasteiger partial charge in [0.15, 0.2) is 11.5 Å². The van der Waals surface area contributed by atoms with Crippen molar-refractivity contribution in [1.82, 2.24) is 25.1 Å². The first kappa shape index (κ1) is 13.3. The van der Waals surface area contributed by atoms with Gasteiger partial charge in [-0.05, 0) is 5.92 Å². The minimum Gasteiger partial charge on any atom is -0.382 e. The van der Waals surface area contributed by atoms with Crippen LogP contribution < -0.4 is 5.73 Å². The van der Waals surface area contributed by atoms with E-state index in [-0.39, 0.29) is 5.89 Å². The van der Waals surface area contributed by atoms with Gasteiger partial charge in [-0.2, -0.15) is 4.98 Å². The van der Waals surface area contributed by atoms with Crippen LogP contribution in [0.5, 0.6) is 0 Å². The minimum atomic E-state index is 0.279. The molecule has 0 fully saturated rings. The highest BCUT2D eigenvalue weighted by molar-refractivity contribution is 5.64. The normalized spacial score (nSPS) is 11.2. The Labute approximate surface area is 121 Å². The fourth-order valence-electron chi connectivity index (χ4n) is 1.98. The molecule has 7 heteroatoms. The third kappa shape index (κ3) is 2.62. The molecule has 0 aliphatic carbocycles. The van der Waals surface area contributed by atoms with Gasteiger partial charge in [0, 0.05) is 12.1 Å². The summed E-state index contributed by atoms with van der Waals surface area (Å²) in [6.45, 7) is 4.86. The molecule has 0 aliphatic rings. The van der Waals surface area contributed by atoms with Gasteiger partial charge < -0.3 is 10.3 Å². The van der Waals surface area contributed by atoms with Gasteiger partial charge in [-0.15, -0.1) is 5.10 Å². The number of aromatic nitrogens is 5. The fourth-order valence-corrected chi connectivity index (χ4v) is 1.98. The molecule has 2 aromatic heterocycles. The Kier molecular flexibility index (Phi) is 3.39. The van der Waals surface area contributed by atoms with E-state index < -0.39 is 0 Å². The lowest BCUT2D eigenvalue weighted by atomic mass is 10.2. The number of rotatable bonds is 4. The van der Waals surface area contributed by atoms with Crippen LogP contribution in [0.4, 0.5) is 5.82 Å². The minimum absolute atomic E-state index is 0.279. The Balaban J connectivity index is 1.92. The van der Waals surface area contributed by atoms with Crippen molar-refractivity contribution in [3.8, 4) is 23.0 Å². The van der Waals surface area contributed by atoms with E-state index in [9.17, 15) is 0 Å². The summed E-state index contributed by atoms with van der Waals surface area (Å²) in [5.41, 5.74) is 7.34. The van der Waals surface area contributed by atoms with E-state index in [0.717, 1.165) is 5.56 Å². The smallest absolute Gasteiger partial charge is 0.282 e. The lowest BCUT2D eigenvalue weighted by molar-refractivity contribution is 0.431. The number of nitrogens with two attached hydrogens (primary N) is 1. The third-order valence-corrected chi connectivity index (χ3v) is 2.97. The van der Waals surface area contributed by atoms with Gasteiger partial charge in [0.25, 0.3) is 5.89 Å². The molecule has 0 bridgehead atoms. The lowest BCUT2D eigenvalue weighted by Crippen LogP contribution is -2.09. The van der Waals surface area contributed by atoms with E-state index >= 15 is 0 Å². The van der Waals surface area contributed by atoms with Gasteiger partial charge in [-0.3, -0.25) is 0 Å². The molecule has 3 rings (SSSR count). The van der Waals surface area contributed by atoms with Crippen LogP contribution in [0.3, 0.4) is 0 Å². The molecule has 3 aromatic rings. The molecule has 0 unspecified atom stereocenters. The van der Waals surface area contributed by atoms with Crippen LogP contribution in [-0.4, -0.2) is 25.1 Å². The van der Waals surface area contributed by atoms with Crippen LogP contribution in [0.2, 0.25) is 0 Å². The highest BCUT2D eigenvalue weighted by Crippen LogP contribution is 2.24. The standard InChI is InChI=1S/C14H16N6O/c1-9(2)8-20-12(15)11(17-19-20)14-16-13(18-21-14)10-6-4-3-5-7-10/h3-7,9H,8,15H2,1-2H3. The summed E-state index contributed by atoms with van der Waals surface area (Å²) in [4.78, 5) is 4.33. The zero-order valence-corrected chi connectivity index (χ0v) is 11.9. The van der Waals surface area contributed by atoms with Crippen molar-refractivity contribution in [2.45, 2.75) is 20.4 Å². The van der Waals surface area contributed by atoms with E-state index in [1.165, 1.54) is 0 Å². The summed E-state index contributed by atoms with van der Waals surface area (Å²) >= 11 is 0. The van der Waals surface area contributed by atoms with Crippen LogP contribution in [0.25, 0.3) is 23.0 Å². The fraction of sp³-hybridized carbons (Fsp3) is 0.286. The maximum absolute atomic E-state index is 6.04. The van der Waals surface area contributed by atoms with Crippen molar-refractivity contribution in [1.29, 1.82) is 0 Å². The highest BCUT2D eigenvalue weighted by atomic mass is 16.5. The molecule has 0 aliphatic heterocycles. The van der Waals surface area contributed by atoms with E-state index in [1.807, 2.05) is 30.3 Å². The van der Waals surface area contributed by atoms with Crippen molar-refractivity contribution >= 4 is 5.82 Å². The van der Waals surface area contributed by atoms with E-state index in [0.29, 0.717) is 29.8 Å². The molecule has 0 radical (unpaired) electrons. The molecule has 0 saturated heterocycles. The van der Waals surface area contributed by atoms with Crippen LogP contribution in [0.15, 0.2) is 34.9 Å². The molecule has 108 valence electrons. The molecule has 0 spiro atoms. The zero-order chi connectivity index (χ0) is 14.8. The summed E-state index contributed by atoms with van der Waals surface area (Å²) in [6, 6.07) is 9.58. The van der Waals surface area contributed by atoms with E-state index in [4.69, 9.17) is 10.3 Å². The monoisotopic (exact) mass is 284 g/mol. The molecule has 1 aromatic carbocycles. The van der Waals surface area contributed by atoms with Gasteiger partial charge in [0.05, 0.1) is 0 Å². The average Bonchev–Trinajstić information content (AvgIpc) is 3.08. The quantitative estimate of drug-likeness (QED) is 0.789. The number of anilines is 1. The lowest BCUT2D eigenvalue weighted by Gasteiger charge is -2.04. The number of hydrogen-bond acceptors (Lipinski definition) is 6. The Morgan fingerprint density at radius 2 is 2.00 bits per heavy atom. The molecule has 2 heterocycles. The van der Waals surface area contributed by atoms with Crippen molar-refractivity contribution in [3.05, 3.63) is 30.3 Å². The first-order valence-corrected chi connectivity index (χ1v) is 6.73. The first-order chi connectivity index (χ1) is 10.1. The second-order valence-electron chi connectivity index (χ2n) is 5.19. The SMILES string of the molecule is CC(C)Cn1nnc(-c2nc(-c3ccccc3)no2)c1N. The average molecular weight is 284 g/mol. The Morgan fingerprint density at radius 1 is 1.24 bits per heavy atom. The van der Waals surface area contributed by atoms with Gasteiger partial charge in [0.1, 0.15) is 0 Å². The third-order valence-electron chi connectivity index (χ3n) is 2.97. The van der Waals surface area contributed by atoms with Gasteiger partial charge in [-0.25, -0.2) is 4.68 Å². The summed E-state index contributed by atoms with van der Waals surface area (Å²) in [5.74, 6) is 1.64. The molecule has 7 nitrogen and oxygen atoms in total. The van der Waals surface area contributed by atoms with Crippen molar-refractivity contribution in [2.24, 2.45) is 5.92 Å². The van der Waals surface area contributed by atoms with Crippen molar-refractivity contribution in [2.75, 3.05) is 5.73 Å². The molecule has 21 heavy (non-hydrogen) atoms. The Morgan fingerprint density at radius 3 is 2.71 bits per heavy atom. The zero-order valence-electron chi connectivity index (χ0n) is 11.9. The van der Waals surface area contributed by atoms with E-state index in [1.54, 1.807) is 4.68 Å². The Bertz CT molecular complexity index is 731. The van der Waals surface area contributed by atoms with Crippen LogP contribution >= 0.6 is 0 Å². The second kappa shape index (κ2) is 5.35. The maximum Gasteiger partial charge on any atom is 0.282 e. The van der Waals surface area contributed by atoms with Gasteiger partial charge >= 0.3 is 0 Å². The van der Waals surface area contributed by atoms with Crippen molar-refractivity contribution in [3.63, 3.8) is 0 Å². The summed E-state index contributed by atoms with van der Waals surface area (Å²) in [6.07, 6.45) is 0. The molecule has 0 atom stereocenters. The maximum atomic E-state index is 6.04. The topological polar surface area (TPSA) is 95.6 Å². The summed E-state index contributed by atoms with van der Waals surface area (Å²) in [7, 11) is 0. The number of nitrogen functional groups attached to an aromatic ring is 1. The second-order valence-corrected chi connectivity index (χ2v) is 5.19. The van der Waals surface area contributed by atoms with Crippen LogP contribution in [-0.2, 0) is 6.54 Å². The summed E-state index contributed by atoms with van der Waals surface area (Å²) < 4.78 is 6.89. The van der Waals surface area contributed by atoms with Gasteiger partial charge in [-0.1, -0.05) is 54.5 Å². The van der Waals surface area contributed by atoms with Crippen LogP contribution in [0, 0.1) is 5.92 Å². The van der Waals surface area contributed by atoms with Crippen LogP contribution in [0.1, 0.15) is 13.8 Å². The van der Waals surface area contributed by atoms with E-state index in [2.05, 4.69) is 34.3 Å². The molecular formula is C14H16N6O. The predicted octanol–water partition coefficient (Wildman–Crippen LogP) is 2.23.